The van der Waals surface area contributed by atoms with E-state index >= 15 is 0 Å². The van der Waals surface area contributed by atoms with E-state index in [-0.39, 0.29) is 23.8 Å². The molecule has 1 aliphatic carbocycles. The predicted molar refractivity (Wildman–Crippen MR) is 59.5 cm³/mol. The number of nitrogens with one attached hydrogen (secondary N) is 1. The highest BCUT2D eigenvalue weighted by atomic mass is 16.2. The largest absolute Gasteiger partial charge is 0.354 e. The molecule has 1 saturated heterocycles. The number of carbonyl (C=O) groups is 2. The number of hydrogen-bond donors (Lipinski definition) is 2. The van der Waals surface area contributed by atoms with Crippen molar-refractivity contribution in [3.63, 3.8) is 0 Å². The van der Waals surface area contributed by atoms with Crippen molar-refractivity contribution in [1.29, 1.82) is 0 Å². The fourth-order valence-corrected chi connectivity index (χ4v) is 2.49. The van der Waals surface area contributed by atoms with Gasteiger partial charge in [-0.15, -0.1) is 0 Å². The number of hydrogen-bond acceptors (Lipinski definition) is 3. The molecule has 2 amide bonds. The molecule has 16 heavy (non-hydrogen) atoms. The summed E-state index contributed by atoms with van der Waals surface area (Å²) in [6.07, 6.45) is 3.07. The Bertz CT molecular complexity index is 293. The van der Waals surface area contributed by atoms with Crippen molar-refractivity contribution in [2.24, 2.45) is 11.7 Å². The number of rotatable bonds is 1. The maximum absolute atomic E-state index is 12.1. The Morgan fingerprint density at radius 2 is 2.19 bits per heavy atom. The summed E-state index contributed by atoms with van der Waals surface area (Å²) >= 11 is 0. The van der Waals surface area contributed by atoms with Gasteiger partial charge in [-0.1, -0.05) is 0 Å². The molecule has 2 fully saturated rings. The van der Waals surface area contributed by atoms with E-state index in [2.05, 4.69) is 5.32 Å². The van der Waals surface area contributed by atoms with Crippen molar-refractivity contribution in [2.45, 2.75) is 31.7 Å². The lowest BCUT2D eigenvalue weighted by Crippen LogP contribution is -2.38. The molecule has 2 unspecified atom stereocenters. The third-order valence-corrected chi connectivity index (χ3v) is 3.45. The summed E-state index contributed by atoms with van der Waals surface area (Å²) in [5, 5.41) is 2.77. The Kier molecular flexibility index (Phi) is 3.43. The van der Waals surface area contributed by atoms with Crippen LogP contribution in [0.3, 0.4) is 0 Å². The lowest BCUT2D eigenvalue weighted by Gasteiger charge is -2.23. The van der Waals surface area contributed by atoms with Gasteiger partial charge in [0.15, 0.2) is 0 Å². The molecule has 1 heterocycles. The first-order chi connectivity index (χ1) is 7.66. The second kappa shape index (κ2) is 4.82. The summed E-state index contributed by atoms with van der Waals surface area (Å²) < 4.78 is 0. The molecule has 0 bridgehead atoms. The maximum Gasteiger partial charge on any atom is 0.225 e. The Morgan fingerprint density at radius 1 is 1.38 bits per heavy atom. The molecule has 5 nitrogen and oxygen atoms in total. The summed E-state index contributed by atoms with van der Waals surface area (Å²) in [5.74, 6) is 0.311. The third-order valence-electron chi connectivity index (χ3n) is 3.45. The van der Waals surface area contributed by atoms with Gasteiger partial charge in [0.05, 0.1) is 0 Å². The van der Waals surface area contributed by atoms with Crippen LogP contribution in [-0.2, 0) is 9.59 Å². The first-order valence-corrected chi connectivity index (χ1v) is 5.98. The quantitative estimate of drug-likeness (QED) is 0.629. The zero-order valence-corrected chi connectivity index (χ0v) is 9.45. The molecule has 0 aromatic carbocycles. The molecule has 2 aliphatic rings. The van der Waals surface area contributed by atoms with Crippen LogP contribution in [0.4, 0.5) is 0 Å². The summed E-state index contributed by atoms with van der Waals surface area (Å²) in [7, 11) is 0. The minimum absolute atomic E-state index is 0.0402. The van der Waals surface area contributed by atoms with E-state index in [4.69, 9.17) is 5.73 Å². The molecule has 5 heteroatoms. The molecule has 2 rings (SSSR count). The van der Waals surface area contributed by atoms with Gasteiger partial charge < -0.3 is 16.0 Å². The van der Waals surface area contributed by atoms with Gasteiger partial charge in [0.2, 0.25) is 11.8 Å². The molecule has 3 N–H and O–H groups in total. The minimum Gasteiger partial charge on any atom is -0.354 e. The molecule has 1 saturated carbocycles. The summed E-state index contributed by atoms with van der Waals surface area (Å²) in [5.41, 5.74) is 5.81. The number of amides is 2. The van der Waals surface area contributed by atoms with Crippen LogP contribution in [0.25, 0.3) is 0 Å². The molecule has 90 valence electrons. The summed E-state index contributed by atoms with van der Waals surface area (Å²) in [6, 6.07) is 0.181. The van der Waals surface area contributed by atoms with Crippen LogP contribution in [0.1, 0.15) is 25.7 Å². The molecule has 0 aromatic rings. The predicted octanol–water partition coefficient (Wildman–Crippen LogP) is -0.538. The number of nitrogens with two attached hydrogens (primary N) is 1. The Balaban J connectivity index is 1.91. The monoisotopic (exact) mass is 225 g/mol. The van der Waals surface area contributed by atoms with Crippen molar-refractivity contribution in [2.75, 3.05) is 19.6 Å². The van der Waals surface area contributed by atoms with Crippen LogP contribution in [0.2, 0.25) is 0 Å². The van der Waals surface area contributed by atoms with E-state index in [1.165, 1.54) is 0 Å². The summed E-state index contributed by atoms with van der Waals surface area (Å²) in [4.78, 5) is 25.1. The van der Waals surface area contributed by atoms with Gasteiger partial charge in [0.25, 0.3) is 0 Å². The van der Waals surface area contributed by atoms with Crippen LogP contribution in [0.15, 0.2) is 0 Å². The van der Waals surface area contributed by atoms with E-state index in [0.717, 1.165) is 19.3 Å². The third kappa shape index (κ3) is 2.52. The van der Waals surface area contributed by atoms with E-state index in [1.807, 2.05) is 0 Å². The van der Waals surface area contributed by atoms with E-state index in [0.29, 0.717) is 26.1 Å². The van der Waals surface area contributed by atoms with E-state index < -0.39 is 0 Å². The zero-order chi connectivity index (χ0) is 11.5. The van der Waals surface area contributed by atoms with Gasteiger partial charge in [0.1, 0.15) is 0 Å². The van der Waals surface area contributed by atoms with E-state index in [9.17, 15) is 9.59 Å². The van der Waals surface area contributed by atoms with Gasteiger partial charge >= 0.3 is 0 Å². The fraction of sp³-hybridized carbons (Fsp3) is 0.818. The molecule has 2 atom stereocenters. The van der Waals surface area contributed by atoms with Crippen LogP contribution < -0.4 is 11.1 Å². The number of carbonyl (C=O) groups excluding carboxylic acids is 2. The SMILES string of the molecule is NC1CCC(C(=O)N2CCNC(=O)CC2)C1. The smallest absolute Gasteiger partial charge is 0.225 e. The normalized spacial score (nSPS) is 31.1. The first-order valence-electron chi connectivity index (χ1n) is 5.98. The van der Waals surface area contributed by atoms with Crippen molar-refractivity contribution in [3.8, 4) is 0 Å². The molecular formula is C11H19N3O2. The van der Waals surface area contributed by atoms with Gasteiger partial charge in [-0.05, 0) is 19.3 Å². The van der Waals surface area contributed by atoms with Gasteiger partial charge in [-0.3, -0.25) is 9.59 Å². The minimum atomic E-state index is 0.0402. The van der Waals surface area contributed by atoms with Crippen LogP contribution >= 0.6 is 0 Å². The first kappa shape index (κ1) is 11.4. The highest BCUT2D eigenvalue weighted by Gasteiger charge is 2.31. The van der Waals surface area contributed by atoms with Crippen LogP contribution in [0.5, 0.6) is 0 Å². The molecule has 1 aliphatic heterocycles. The average Bonchev–Trinajstić information content (AvgIpc) is 2.57. The Morgan fingerprint density at radius 3 is 2.88 bits per heavy atom. The van der Waals surface area contributed by atoms with Crippen LogP contribution in [-0.4, -0.2) is 42.4 Å². The van der Waals surface area contributed by atoms with E-state index in [1.54, 1.807) is 4.90 Å². The van der Waals surface area contributed by atoms with Gasteiger partial charge in [-0.25, -0.2) is 0 Å². The average molecular weight is 225 g/mol. The Labute approximate surface area is 95.3 Å². The zero-order valence-electron chi connectivity index (χ0n) is 9.45. The van der Waals surface area contributed by atoms with Crippen molar-refractivity contribution in [3.05, 3.63) is 0 Å². The Hall–Kier alpha value is -1.10. The standard InChI is InChI=1S/C11H19N3O2/c12-9-2-1-8(7-9)11(16)14-5-3-10(15)13-4-6-14/h8-9H,1-7,12H2,(H,13,15). The summed E-state index contributed by atoms with van der Waals surface area (Å²) in [6.45, 7) is 1.76. The fourth-order valence-electron chi connectivity index (χ4n) is 2.49. The molecule has 0 radical (unpaired) electrons. The van der Waals surface area contributed by atoms with Gasteiger partial charge in [-0.2, -0.15) is 0 Å². The molecule has 0 spiro atoms. The van der Waals surface area contributed by atoms with Crippen LogP contribution in [0, 0.1) is 5.92 Å². The maximum atomic E-state index is 12.1. The molecular weight excluding hydrogens is 206 g/mol. The van der Waals surface area contributed by atoms with Gasteiger partial charge in [0, 0.05) is 38.0 Å². The topological polar surface area (TPSA) is 75.4 Å². The molecule has 0 aromatic heterocycles. The lowest BCUT2D eigenvalue weighted by molar-refractivity contribution is -0.135. The highest BCUT2D eigenvalue weighted by Crippen LogP contribution is 2.26. The highest BCUT2D eigenvalue weighted by molar-refractivity contribution is 5.81. The second-order valence-corrected chi connectivity index (χ2v) is 4.70. The van der Waals surface area contributed by atoms with Crippen molar-refractivity contribution in [1.82, 2.24) is 10.2 Å². The second-order valence-electron chi connectivity index (χ2n) is 4.70. The lowest BCUT2D eigenvalue weighted by atomic mass is 10.1. The van der Waals surface area contributed by atoms with Crippen molar-refractivity contribution >= 4 is 11.8 Å². The van der Waals surface area contributed by atoms with Crippen molar-refractivity contribution < 1.29 is 9.59 Å². The number of nitrogens with zero attached hydrogens (tertiary/aromatic N) is 1.